The van der Waals surface area contributed by atoms with Crippen molar-refractivity contribution < 1.29 is 0 Å². The van der Waals surface area contributed by atoms with Crippen molar-refractivity contribution in [3.05, 3.63) is 30.1 Å². The molecule has 2 unspecified atom stereocenters. The van der Waals surface area contributed by atoms with E-state index in [-0.39, 0.29) is 0 Å². The largest absolute Gasteiger partial charge is 0.310 e. The molecule has 0 spiro atoms. The van der Waals surface area contributed by atoms with Gasteiger partial charge in [-0.3, -0.25) is 4.98 Å². The number of hydrogen-bond donors (Lipinski definition) is 1. The molecule has 14 heavy (non-hydrogen) atoms. The van der Waals surface area contributed by atoms with Crippen LogP contribution in [0.2, 0.25) is 0 Å². The van der Waals surface area contributed by atoms with Crippen molar-refractivity contribution in [2.24, 2.45) is 5.92 Å². The quantitative estimate of drug-likeness (QED) is 0.775. The molecule has 1 aromatic heterocycles. The lowest BCUT2D eigenvalue weighted by molar-refractivity contribution is 0.299. The molecule has 0 aromatic carbocycles. The first-order chi connectivity index (χ1) is 6.90. The fourth-order valence-corrected chi connectivity index (χ4v) is 2.20. The van der Waals surface area contributed by atoms with Gasteiger partial charge in [0, 0.05) is 18.4 Å². The molecule has 2 heterocycles. The van der Waals surface area contributed by atoms with E-state index in [1.807, 2.05) is 18.5 Å². The third-order valence-electron chi connectivity index (χ3n) is 3.18. The van der Waals surface area contributed by atoms with Crippen LogP contribution in [0.25, 0.3) is 0 Å². The van der Waals surface area contributed by atoms with Crippen LogP contribution in [0.15, 0.2) is 24.5 Å². The van der Waals surface area contributed by atoms with Crippen LogP contribution < -0.4 is 5.32 Å². The van der Waals surface area contributed by atoms with Crippen molar-refractivity contribution in [2.45, 2.75) is 32.2 Å². The van der Waals surface area contributed by atoms with Gasteiger partial charge in [0.2, 0.25) is 0 Å². The zero-order valence-electron chi connectivity index (χ0n) is 8.74. The molecule has 1 aromatic rings. The highest BCUT2D eigenvalue weighted by Crippen LogP contribution is 2.28. The van der Waals surface area contributed by atoms with E-state index in [2.05, 4.69) is 23.3 Å². The van der Waals surface area contributed by atoms with E-state index in [1.165, 1.54) is 24.8 Å². The number of nitrogens with zero attached hydrogens (tertiary/aromatic N) is 1. The summed E-state index contributed by atoms with van der Waals surface area (Å²) < 4.78 is 0. The maximum Gasteiger partial charge on any atom is 0.0338 e. The molecule has 1 N–H and O–H groups in total. The van der Waals surface area contributed by atoms with Gasteiger partial charge in [-0.05, 0) is 36.9 Å². The zero-order chi connectivity index (χ0) is 9.80. The lowest BCUT2D eigenvalue weighted by atomic mass is 9.88. The Labute approximate surface area is 85.7 Å². The van der Waals surface area contributed by atoms with Gasteiger partial charge in [0.1, 0.15) is 0 Å². The van der Waals surface area contributed by atoms with Crippen LogP contribution in [0.3, 0.4) is 0 Å². The number of piperidine rings is 1. The number of pyridine rings is 1. The van der Waals surface area contributed by atoms with Gasteiger partial charge in [-0.1, -0.05) is 19.4 Å². The average molecular weight is 190 g/mol. The summed E-state index contributed by atoms with van der Waals surface area (Å²) in [6.07, 6.45) is 7.72. The first-order valence-electron chi connectivity index (χ1n) is 5.53. The molecule has 2 atom stereocenters. The summed E-state index contributed by atoms with van der Waals surface area (Å²) in [6.45, 7) is 3.44. The first kappa shape index (κ1) is 9.66. The molecule has 2 nitrogen and oxygen atoms in total. The van der Waals surface area contributed by atoms with E-state index < -0.39 is 0 Å². The second-order valence-corrected chi connectivity index (χ2v) is 4.09. The maximum absolute atomic E-state index is 4.17. The van der Waals surface area contributed by atoms with Crippen LogP contribution >= 0.6 is 0 Å². The average Bonchev–Trinajstić information content (AvgIpc) is 2.30. The highest BCUT2D eigenvalue weighted by atomic mass is 14.9. The Morgan fingerprint density at radius 2 is 2.50 bits per heavy atom. The third kappa shape index (κ3) is 2.13. The Morgan fingerprint density at radius 3 is 3.21 bits per heavy atom. The molecule has 0 amide bonds. The van der Waals surface area contributed by atoms with Crippen molar-refractivity contribution in [3.63, 3.8) is 0 Å². The highest BCUT2D eigenvalue weighted by molar-refractivity contribution is 5.14. The summed E-state index contributed by atoms with van der Waals surface area (Å²) in [5.74, 6) is 0.890. The monoisotopic (exact) mass is 190 g/mol. The summed E-state index contributed by atoms with van der Waals surface area (Å²) in [6, 6.07) is 4.72. The second-order valence-electron chi connectivity index (χ2n) is 4.09. The Morgan fingerprint density at radius 1 is 1.57 bits per heavy atom. The maximum atomic E-state index is 4.17. The summed E-state index contributed by atoms with van der Waals surface area (Å²) in [7, 11) is 0. The SMILES string of the molecule is CCC1CCNC(c2cccnc2)C1. The third-order valence-corrected chi connectivity index (χ3v) is 3.18. The van der Waals surface area contributed by atoms with Gasteiger partial charge in [0.25, 0.3) is 0 Å². The van der Waals surface area contributed by atoms with E-state index in [0.29, 0.717) is 6.04 Å². The Bertz CT molecular complexity index is 271. The second kappa shape index (κ2) is 4.56. The molecule has 0 radical (unpaired) electrons. The molecule has 1 saturated heterocycles. The van der Waals surface area contributed by atoms with Crippen LogP contribution in [-0.2, 0) is 0 Å². The number of aromatic nitrogens is 1. The minimum Gasteiger partial charge on any atom is -0.310 e. The van der Waals surface area contributed by atoms with E-state index in [4.69, 9.17) is 0 Å². The molecular formula is C12H18N2. The van der Waals surface area contributed by atoms with Crippen molar-refractivity contribution in [3.8, 4) is 0 Å². The van der Waals surface area contributed by atoms with Gasteiger partial charge in [0.15, 0.2) is 0 Å². The molecule has 2 rings (SSSR count). The van der Waals surface area contributed by atoms with Crippen LogP contribution in [-0.4, -0.2) is 11.5 Å². The Kier molecular flexibility index (Phi) is 3.14. The molecule has 1 aliphatic heterocycles. The number of rotatable bonds is 2. The van der Waals surface area contributed by atoms with Crippen molar-refractivity contribution in [2.75, 3.05) is 6.54 Å². The summed E-state index contributed by atoms with van der Waals surface area (Å²) >= 11 is 0. The predicted octanol–water partition coefficient (Wildman–Crippen LogP) is 2.53. The van der Waals surface area contributed by atoms with E-state index in [9.17, 15) is 0 Å². The standard InChI is InChI=1S/C12H18N2/c1-2-10-5-7-14-12(8-10)11-4-3-6-13-9-11/h3-4,6,9-10,12,14H,2,5,7-8H2,1H3. The smallest absolute Gasteiger partial charge is 0.0338 e. The fourth-order valence-electron chi connectivity index (χ4n) is 2.20. The molecular weight excluding hydrogens is 172 g/mol. The zero-order valence-corrected chi connectivity index (χ0v) is 8.74. The van der Waals surface area contributed by atoms with Crippen LogP contribution in [0.4, 0.5) is 0 Å². The lowest BCUT2D eigenvalue weighted by Crippen LogP contribution is -2.31. The predicted molar refractivity (Wildman–Crippen MR) is 58.0 cm³/mol. The van der Waals surface area contributed by atoms with Gasteiger partial charge in [-0.25, -0.2) is 0 Å². The van der Waals surface area contributed by atoms with Gasteiger partial charge in [0.05, 0.1) is 0 Å². The Hall–Kier alpha value is -0.890. The number of nitrogens with one attached hydrogen (secondary N) is 1. The van der Waals surface area contributed by atoms with E-state index in [0.717, 1.165) is 12.5 Å². The molecule has 76 valence electrons. The molecule has 0 bridgehead atoms. The van der Waals surface area contributed by atoms with Crippen LogP contribution in [0, 0.1) is 5.92 Å². The first-order valence-corrected chi connectivity index (χ1v) is 5.53. The topological polar surface area (TPSA) is 24.9 Å². The summed E-state index contributed by atoms with van der Waals surface area (Å²) in [4.78, 5) is 4.17. The Balaban J connectivity index is 2.04. The molecule has 1 fully saturated rings. The summed E-state index contributed by atoms with van der Waals surface area (Å²) in [5.41, 5.74) is 1.34. The van der Waals surface area contributed by atoms with Crippen molar-refractivity contribution >= 4 is 0 Å². The molecule has 0 saturated carbocycles. The normalized spacial score (nSPS) is 27.5. The van der Waals surface area contributed by atoms with E-state index >= 15 is 0 Å². The molecule has 0 aliphatic carbocycles. The van der Waals surface area contributed by atoms with Gasteiger partial charge in [-0.15, -0.1) is 0 Å². The minimum atomic E-state index is 0.530. The van der Waals surface area contributed by atoms with Gasteiger partial charge < -0.3 is 5.32 Å². The molecule has 2 heteroatoms. The molecule has 1 aliphatic rings. The minimum absolute atomic E-state index is 0.530. The van der Waals surface area contributed by atoms with Crippen molar-refractivity contribution in [1.82, 2.24) is 10.3 Å². The van der Waals surface area contributed by atoms with Crippen LogP contribution in [0.5, 0.6) is 0 Å². The highest BCUT2D eigenvalue weighted by Gasteiger charge is 2.21. The van der Waals surface area contributed by atoms with Gasteiger partial charge in [-0.2, -0.15) is 0 Å². The lowest BCUT2D eigenvalue weighted by Gasteiger charge is -2.29. The van der Waals surface area contributed by atoms with E-state index in [1.54, 1.807) is 0 Å². The van der Waals surface area contributed by atoms with Crippen LogP contribution in [0.1, 0.15) is 37.8 Å². The number of hydrogen-bond acceptors (Lipinski definition) is 2. The van der Waals surface area contributed by atoms with Gasteiger partial charge >= 0.3 is 0 Å². The summed E-state index contributed by atoms with van der Waals surface area (Å²) in [5, 5.41) is 3.56. The fraction of sp³-hybridized carbons (Fsp3) is 0.583. The van der Waals surface area contributed by atoms with Crippen molar-refractivity contribution in [1.29, 1.82) is 0 Å².